The van der Waals surface area contributed by atoms with Crippen LogP contribution in [0.1, 0.15) is 90.9 Å². The van der Waals surface area contributed by atoms with Crippen molar-refractivity contribution in [1.29, 1.82) is 0 Å². The molecule has 0 aromatic carbocycles. The maximum atomic E-state index is 3.67. The second-order valence-electron chi connectivity index (χ2n) is 6.76. The Morgan fingerprint density at radius 3 is 2.05 bits per heavy atom. The second-order valence-corrected chi connectivity index (χ2v) is 8.44. The van der Waals surface area contributed by atoms with Crippen molar-refractivity contribution in [1.82, 2.24) is 5.32 Å². The van der Waals surface area contributed by atoms with E-state index in [0.717, 1.165) is 0 Å². The van der Waals surface area contributed by atoms with Crippen molar-refractivity contribution in [3.05, 3.63) is 0 Å². The van der Waals surface area contributed by atoms with Crippen molar-refractivity contribution in [3.8, 4) is 0 Å². The first-order valence-corrected chi connectivity index (χ1v) is 10.1. The molecule has 1 aliphatic rings. The molecule has 1 atom stereocenters. The summed E-state index contributed by atoms with van der Waals surface area (Å²) in [5, 5.41) is 3.67. The van der Waals surface area contributed by atoms with E-state index in [1.165, 1.54) is 95.9 Å². The van der Waals surface area contributed by atoms with Crippen LogP contribution in [0.5, 0.6) is 0 Å². The number of hydrogen-bond donors (Lipinski definition) is 1. The van der Waals surface area contributed by atoms with Crippen molar-refractivity contribution in [2.45, 2.75) is 95.6 Å². The van der Waals surface area contributed by atoms with E-state index < -0.39 is 0 Å². The largest absolute Gasteiger partial charge is 0.315 e. The Morgan fingerprint density at radius 1 is 0.900 bits per heavy atom. The Morgan fingerprint density at radius 2 is 1.50 bits per heavy atom. The van der Waals surface area contributed by atoms with Crippen molar-refractivity contribution >= 4 is 11.8 Å². The Kier molecular flexibility index (Phi) is 10.9. The lowest BCUT2D eigenvalue weighted by molar-refractivity contribution is 0.510. The van der Waals surface area contributed by atoms with E-state index in [1.54, 1.807) is 0 Å². The smallest absolute Gasteiger partial charge is 0.0256 e. The SMILES string of the molecule is CCCCCCCCCCCCNCC1(C)CCCS1. The van der Waals surface area contributed by atoms with Crippen LogP contribution in [0, 0.1) is 0 Å². The average Bonchev–Trinajstić information content (AvgIpc) is 2.87. The molecule has 2 heteroatoms. The third-order valence-electron chi connectivity index (χ3n) is 4.51. The molecular weight excluding hydrogens is 262 g/mol. The first-order chi connectivity index (χ1) is 9.77. The molecule has 1 aliphatic heterocycles. The molecule has 1 saturated heterocycles. The number of hydrogen-bond acceptors (Lipinski definition) is 2. The Bertz CT molecular complexity index is 211. The first-order valence-electron chi connectivity index (χ1n) is 9.11. The molecule has 1 rings (SSSR count). The van der Waals surface area contributed by atoms with E-state index in [0.29, 0.717) is 4.75 Å². The van der Waals surface area contributed by atoms with Crippen molar-refractivity contribution < 1.29 is 0 Å². The second kappa shape index (κ2) is 11.9. The standard InChI is InChI=1S/C18H37NS/c1-3-4-5-6-7-8-9-10-11-12-15-19-17-18(2)14-13-16-20-18/h19H,3-17H2,1-2H3. The fraction of sp³-hybridized carbons (Fsp3) is 1.00. The van der Waals surface area contributed by atoms with E-state index in [2.05, 4.69) is 30.9 Å². The van der Waals surface area contributed by atoms with Gasteiger partial charge in [-0.05, 0) is 38.5 Å². The van der Waals surface area contributed by atoms with Gasteiger partial charge in [-0.25, -0.2) is 0 Å². The first kappa shape index (κ1) is 18.4. The zero-order valence-corrected chi connectivity index (χ0v) is 14.8. The Labute approximate surface area is 132 Å². The van der Waals surface area contributed by atoms with Crippen LogP contribution in [-0.4, -0.2) is 23.6 Å². The summed E-state index contributed by atoms with van der Waals surface area (Å²) in [6, 6.07) is 0. The van der Waals surface area contributed by atoms with Crippen LogP contribution in [-0.2, 0) is 0 Å². The Hall–Kier alpha value is 0.310. The fourth-order valence-electron chi connectivity index (χ4n) is 3.07. The number of nitrogens with one attached hydrogen (secondary N) is 1. The minimum absolute atomic E-state index is 0.540. The molecule has 1 fully saturated rings. The monoisotopic (exact) mass is 299 g/mol. The van der Waals surface area contributed by atoms with Gasteiger partial charge in [-0.15, -0.1) is 0 Å². The number of thioether (sulfide) groups is 1. The highest BCUT2D eigenvalue weighted by Crippen LogP contribution is 2.36. The third kappa shape index (κ3) is 9.28. The molecule has 120 valence electrons. The van der Waals surface area contributed by atoms with Crippen molar-refractivity contribution in [2.24, 2.45) is 0 Å². The molecule has 0 amide bonds. The van der Waals surface area contributed by atoms with Crippen LogP contribution >= 0.6 is 11.8 Å². The van der Waals surface area contributed by atoms with Gasteiger partial charge in [0.25, 0.3) is 0 Å². The highest BCUT2D eigenvalue weighted by molar-refractivity contribution is 8.00. The molecule has 0 bridgehead atoms. The fourth-order valence-corrected chi connectivity index (χ4v) is 4.34. The third-order valence-corrected chi connectivity index (χ3v) is 6.04. The minimum atomic E-state index is 0.540. The van der Waals surface area contributed by atoms with Gasteiger partial charge in [0.1, 0.15) is 0 Å². The van der Waals surface area contributed by atoms with E-state index >= 15 is 0 Å². The average molecular weight is 300 g/mol. The molecule has 0 aromatic rings. The summed E-state index contributed by atoms with van der Waals surface area (Å²) in [6.45, 7) is 7.16. The molecule has 1 N–H and O–H groups in total. The number of unbranched alkanes of at least 4 members (excludes halogenated alkanes) is 9. The number of rotatable bonds is 13. The van der Waals surface area contributed by atoms with Gasteiger partial charge in [0.05, 0.1) is 0 Å². The lowest BCUT2D eigenvalue weighted by Crippen LogP contribution is -2.33. The van der Waals surface area contributed by atoms with Crippen molar-refractivity contribution in [2.75, 3.05) is 18.8 Å². The van der Waals surface area contributed by atoms with Crippen LogP contribution < -0.4 is 5.32 Å². The van der Waals surface area contributed by atoms with Crippen LogP contribution in [0.15, 0.2) is 0 Å². The maximum absolute atomic E-state index is 3.67. The normalized spacial score (nSPS) is 22.5. The molecule has 0 spiro atoms. The Balaban J connectivity index is 1.74. The summed E-state index contributed by atoms with van der Waals surface area (Å²) in [5.74, 6) is 1.37. The zero-order chi connectivity index (χ0) is 14.5. The highest BCUT2D eigenvalue weighted by atomic mass is 32.2. The minimum Gasteiger partial charge on any atom is -0.315 e. The molecule has 20 heavy (non-hydrogen) atoms. The predicted octanol–water partition coefficient (Wildman–Crippen LogP) is 5.78. The zero-order valence-electron chi connectivity index (χ0n) is 14.0. The summed E-state index contributed by atoms with van der Waals surface area (Å²) < 4.78 is 0.540. The molecule has 0 saturated carbocycles. The van der Waals surface area contributed by atoms with Gasteiger partial charge in [-0.1, -0.05) is 64.7 Å². The molecule has 0 aliphatic carbocycles. The quantitative estimate of drug-likeness (QED) is 0.432. The topological polar surface area (TPSA) is 12.0 Å². The molecule has 1 unspecified atom stereocenters. The van der Waals surface area contributed by atoms with Gasteiger partial charge in [0, 0.05) is 11.3 Å². The van der Waals surface area contributed by atoms with Crippen LogP contribution in [0.2, 0.25) is 0 Å². The molecule has 0 aromatic heterocycles. The van der Waals surface area contributed by atoms with Crippen LogP contribution in [0.25, 0.3) is 0 Å². The predicted molar refractivity (Wildman–Crippen MR) is 94.8 cm³/mol. The van der Waals surface area contributed by atoms with E-state index in [1.807, 2.05) is 0 Å². The van der Waals surface area contributed by atoms with Gasteiger partial charge in [-0.2, -0.15) is 11.8 Å². The van der Waals surface area contributed by atoms with Gasteiger partial charge in [0.2, 0.25) is 0 Å². The van der Waals surface area contributed by atoms with Gasteiger partial charge < -0.3 is 5.32 Å². The summed E-state index contributed by atoms with van der Waals surface area (Å²) in [4.78, 5) is 0. The van der Waals surface area contributed by atoms with Gasteiger partial charge in [0.15, 0.2) is 0 Å². The summed E-state index contributed by atoms with van der Waals surface area (Å²) in [6.07, 6.45) is 17.2. The van der Waals surface area contributed by atoms with E-state index in [9.17, 15) is 0 Å². The lowest BCUT2D eigenvalue weighted by atomic mass is 10.1. The maximum Gasteiger partial charge on any atom is 0.0256 e. The van der Waals surface area contributed by atoms with E-state index in [-0.39, 0.29) is 0 Å². The van der Waals surface area contributed by atoms with Crippen LogP contribution in [0.4, 0.5) is 0 Å². The van der Waals surface area contributed by atoms with Crippen molar-refractivity contribution in [3.63, 3.8) is 0 Å². The molecule has 1 heterocycles. The van der Waals surface area contributed by atoms with Gasteiger partial charge in [-0.3, -0.25) is 0 Å². The summed E-state index contributed by atoms with van der Waals surface area (Å²) in [5.41, 5.74) is 0. The molecule has 1 nitrogen and oxygen atoms in total. The van der Waals surface area contributed by atoms with E-state index in [4.69, 9.17) is 0 Å². The molecular formula is C18H37NS. The summed E-state index contributed by atoms with van der Waals surface area (Å²) in [7, 11) is 0. The summed E-state index contributed by atoms with van der Waals surface area (Å²) >= 11 is 2.17. The van der Waals surface area contributed by atoms with Crippen LogP contribution in [0.3, 0.4) is 0 Å². The molecule has 0 radical (unpaired) electrons. The van der Waals surface area contributed by atoms with Gasteiger partial charge >= 0.3 is 0 Å². The lowest BCUT2D eigenvalue weighted by Gasteiger charge is -2.22. The highest BCUT2D eigenvalue weighted by Gasteiger charge is 2.28.